The van der Waals surface area contributed by atoms with E-state index in [-0.39, 0.29) is 5.78 Å². The van der Waals surface area contributed by atoms with E-state index in [0.717, 1.165) is 38.4 Å². The third kappa shape index (κ3) is 4.43. The van der Waals surface area contributed by atoms with E-state index < -0.39 is 0 Å². The number of nitrogens with zero attached hydrogens (tertiary/aromatic N) is 1. The molecule has 0 aromatic heterocycles. The fourth-order valence-electron chi connectivity index (χ4n) is 1.93. The van der Waals surface area contributed by atoms with Crippen molar-refractivity contribution >= 4 is 11.9 Å². The largest absolute Gasteiger partial charge is 0.379 e. The van der Waals surface area contributed by atoms with Crippen molar-refractivity contribution in [1.29, 1.82) is 0 Å². The summed E-state index contributed by atoms with van der Waals surface area (Å²) in [6, 6.07) is 9.89. The molecule has 18 heavy (non-hydrogen) atoms. The van der Waals surface area contributed by atoms with Crippen molar-refractivity contribution in [2.45, 2.75) is 6.42 Å². The summed E-state index contributed by atoms with van der Waals surface area (Å²) in [6.07, 6.45) is 4.14. The molecule has 1 aliphatic heterocycles. The number of rotatable bonds is 5. The summed E-state index contributed by atoms with van der Waals surface area (Å²) < 4.78 is 5.27. The number of hydrogen-bond acceptors (Lipinski definition) is 3. The Morgan fingerprint density at radius 2 is 1.94 bits per heavy atom. The maximum absolute atomic E-state index is 11.7. The highest BCUT2D eigenvalue weighted by atomic mass is 16.5. The molecule has 0 unspecified atom stereocenters. The van der Waals surface area contributed by atoms with Gasteiger partial charge in [0.05, 0.1) is 13.2 Å². The molecule has 1 heterocycles. The number of carbonyl (C=O) groups is 1. The van der Waals surface area contributed by atoms with Crippen molar-refractivity contribution in [3.8, 4) is 0 Å². The molecule has 96 valence electrons. The highest BCUT2D eigenvalue weighted by Crippen LogP contribution is 2.03. The highest BCUT2D eigenvalue weighted by Gasteiger charge is 2.10. The number of benzene rings is 1. The van der Waals surface area contributed by atoms with Crippen LogP contribution in [0.1, 0.15) is 12.0 Å². The van der Waals surface area contributed by atoms with Gasteiger partial charge in [0.15, 0.2) is 5.78 Å². The van der Waals surface area contributed by atoms with E-state index in [4.69, 9.17) is 4.74 Å². The second kappa shape index (κ2) is 7.09. The maximum Gasteiger partial charge on any atom is 0.156 e. The molecule has 0 saturated carbocycles. The molecule has 1 aliphatic rings. The van der Waals surface area contributed by atoms with Gasteiger partial charge in [0.1, 0.15) is 0 Å². The zero-order chi connectivity index (χ0) is 12.6. The molecule has 1 saturated heterocycles. The van der Waals surface area contributed by atoms with Gasteiger partial charge in [-0.05, 0) is 11.6 Å². The Hall–Kier alpha value is -1.45. The standard InChI is InChI=1S/C15H19NO2/c17-15(7-6-14-4-2-1-3-5-14)8-9-16-10-12-18-13-11-16/h1-7H,8-13H2. The van der Waals surface area contributed by atoms with E-state index >= 15 is 0 Å². The average molecular weight is 245 g/mol. The van der Waals surface area contributed by atoms with Crippen molar-refractivity contribution in [3.05, 3.63) is 42.0 Å². The first kappa shape index (κ1) is 13.0. The zero-order valence-corrected chi connectivity index (χ0v) is 10.5. The Morgan fingerprint density at radius 3 is 2.67 bits per heavy atom. The lowest BCUT2D eigenvalue weighted by molar-refractivity contribution is -0.115. The minimum absolute atomic E-state index is 0.186. The molecule has 0 N–H and O–H groups in total. The zero-order valence-electron chi connectivity index (χ0n) is 10.5. The molecular formula is C15H19NO2. The SMILES string of the molecule is O=C(C=Cc1ccccc1)CCN1CCOCC1. The van der Waals surface area contributed by atoms with Crippen molar-refractivity contribution in [2.24, 2.45) is 0 Å². The number of hydrogen-bond donors (Lipinski definition) is 0. The van der Waals surface area contributed by atoms with Crippen LogP contribution in [0.15, 0.2) is 36.4 Å². The van der Waals surface area contributed by atoms with Gasteiger partial charge in [-0.25, -0.2) is 0 Å². The van der Waals surface area contributed by atoms with Crippen LogP contribution in [-0.2, 0) is 9.53 Å². The predicted molar refractivity (Wildman–Crippen MR) is 72.4 cm³/mol. The molecule has 1 aromatic carbocycles. The van der Waals surface area contributed by atoms with E-state index in [9.17, 15) is 4.79 Å². The summed E-state index contributed by atoms with van der Waals surface area (Å²) in [6.45, 7) is 4.29. The van der Waals surface area contributed by atoms with E-state index in [2.05, 4.69) is 4.90 Å². The first-order valence-electron chi connectivity index (χ1n) is 6.41. The number of ketones is 1. The van der Waals surface area contributed by atoms with Crippen LogP contribution in [0, 0.1) is 0 Å². The summed E-state index contributed by atoms with van der Waals surface area (Å²) in [5.74, 6) is 0.186. The molecule has 1 aromatic rings. The molecular weight excluding hydrogens is 226 g/mol. The first-order valence-corrected chi connectivity index (χ1v) is 6.41. The van der Waals surface area contributed by atoms with Crippen molar-refractivity contribution in [3.63, 3.8) is 0 Å². The Balaban J connectivity index is 1.73. The van der Waals surface area contributed by atoms with E-state index in [1.165, 1.54) is 0 Å². The first-order chi connectivity index (χ1) is 8.84. The third-order valence-corrected chi connectivity index (χ3v) is 3.04. The lowest BCUT2D eigenvalue weighted by Gasteiger charge is -2.25. The van der Waals surface area contributed by atoms with Crippen molar-refractivity contribution < 1.29 is 9.53 Å². The molecule has 0 radical (unpaired) electrons. The van der Waals surface area contributed by atoms with E-state index in [1.54, 1.807) is 6.08 Å². The number of ether oxygens (including phenoxy) is 1. The minimum atomic E-state index is 0.186. The quantitative estimate of drug-likeness (QED) is 0.743. The number of allylic oxidation sites excluding steroid dienone is 1. The molecule has 3 heteroatoms. The lowest BCUT2D eigenvalue weighted by Crippen LogP contribution is -2.37. The van der Waals surface area contributed by atoms with Crippen LogP contribution in [0.4, 0.5) is 0 Å². The van der Waals surface area contributed by atoms with Gasteiger partial charge in [-0.2, -0.15) is 0 Å². The molecule has 0 aliphatic carbocycles. The Morgan fingerprint density at radius 1 is 1.22 bits per heavy atom. The number of carbonyl (C=O) groups excluding carboxylic acids is 1. The van der Waals surface area contributed by atoms with Crippen molar-refractivity contribution in [2.75, 3.05) is 32.8 Å². The molecule has 0 amide bonds. The fraction of sp³-hybridized carbons (Fsp3) is 0.400. The lowest BCUT2D eigenvalue weighted by atomic mass is 10.1. The predicted octanol–water partition coefficient (Wildman–Crippen LogP) is 1.99. The molecule has 0 bridgehead atoms. The molecule has 0 spiro atoms. The summed E-state index contributed by atoms with van der Waals surface area (Å²) in [5, 5.41) is 0. The van der Waals surface area contributed by atoms with Crippen LogP contribution in [0.2, 0.25) is 0 Å². The second-order valence-corrected chi connectivity index (χ2v) is 4.41. The minimum Gasteiger partial charge on any atom is -0.379 e. The molecule has 0 atom stereocenters. The maximum atomic E-state index is 11.7. The van der Waals surface area contributed by atoms with Gasteiger partial charge in [0, 0.05) is 26.1 Å². The van der Waals surface area contributed by atoms with E-state index in [0.29, 0.717) is 6.42 Å². The monoisotopic (exact) mass is 245 g/mol. The van der Waals surface area contributed by atoms with Gasteiger partial charge in [-0.1, -0.05) is 36.4 Å². The normalized spacial score (nSPS) is 17.1. The van der Waals surface area contributed by atoms with Crippen LogP contribution in [-0.4, -0.2) is 43.5 Å². The molecule has 2 rings (SSSR count). The molecule has 3 nitrogen and oxygen atoms in total. The van der Waals surface area contributed by atoms with E-state index in [1.807, 2.05) is 36.4 Å². The Labute approximate surface area is 108 Å². The van der Waals surface area contributed by atoms with Crippen LogP contribution >= 0.6 is 0 Å². The van der Waals surface area contributed by atoms with Gasteiger partial charge < -0.3 is 4.74 Å². The van der Waals surface area contributed by atoms with Gasteiger partial charge in [0.2, 0.25) is 0 Å². The van der Waals surface area contributed by atoms with Gasteiger partial charge in [0.25, 0.3) is 0 Å². The van der Waals surface area contributed by atoms with Crippen LogP contribution in [0.25, 0.3) is 6.08 Å². The van der Waals surface area contributed by atoms with Crippen LogP contribution in [0.5, 0.6) is 0 Å². The summed E-state index contributed by atoms with van der Waals surface area (Å²) in [5.41, 5.74) is 1.07. The van der Waals surface area contributed by atoms with Crippen molar-refractivity contribution in [1.82, 2.24) is 4.90 Å². The molecule has 1 fully saturated rings. The average Bonchev–Trinajstić information content (AvgIpc) is 2.45. The van der Waals surface area contributed by atoms with Crippen LogP contribution in [0.3, 0.4) is 0 Å². The smallest absolute Gasteiger partial charge is 0.156 e. The Kier molecular flexibility index (Phi) is 5.12. The summed E-state index contributed by atoms with van der Waals surface area (Å²) in [4.78, 5) is 14.0. The number of morpholine rings is 1. The summed E-state index contributed by atoms with van der Waals surface area (Å²) >= 11 is 0. The van der Waals surface area contributed by atoms with Gasteiger partial charge in [-0.3, -0.25) is 9.69 Å². The topological polar surface area (TPSA) is 29.5 Å². The second-order valence-electron chi connectivity index (χ2n) is 4.41. The fourth-order valence-corrected chi connectivity index (χ4v) is 1.93. The third-order valence-electron chi connectivity index (χ3n) is 3.04. The van der Waals surface area contributed by atoms with Crippen LogP contribution < -0.4 is 0 Å². The highest BCUT2D eigenvalue weighted by molar-refractivity contribution is 5.93. The van der Waals surface area contributed by atoms with Gasteiger partial charge in [-0.15, -0.1) is 0 Å². The Bertz CT molecular complexity index is 394. The van der Waals surface area contributed by atoms with Gasteiger partial charge >= 0.3 is 0 Å². The summed E-state index contributed by atoms with van der Waals surface area (Å²) in [7, 11) is 0.